The molecule has 0 aliphatic heterocycles. The van der Waals surface area contributed by atoms with E-state index in [4.69, 9.17) is 10.00 Å². The number of aliphatic carboxylic acids is 1. The second-order valence-corrected chi connectivity index (χ2v) is 4.85. The molecule has 5 heteroatoms. The van der Waals surface area contributed by atoms with E-state index in [1.165, 1.54) is 7.11 Å². The maximum Gasteiger partial charge on any atom is 0.330 e. The molecule has 2 N–H and O–H groups in total. The number of hydrogen-bond acceptors (Lipinski definition) is 4. The molecule has 2 aromatic rings. The van der Waals surface area contributed by atoms with Crippen LogP contribution in [0.15, 0.2) is 49.0 Å². The minimum Gasteiger partial charge on any atom is -0.497 e. The lowest BCUT2D eigenvalue weighted by molar-refractivity contribution is -0.138. The summed E-state index contributed by atoms with van der Waals surface area (Å²) in [4.78, 5) is 11.6. The predicted octanol–water partition coefficient (Wildman–Crippen LogP) is 3.45. The monoisotopic (exact) mass is 308 g/mol. The Bertz CT molecular complexity index is 761. The lowest BCUT2D eigenvalue weighted by Crippen LogP contribution is -2.20. The first-order valence-corrected chi connectivity index (χ1v) is 6.88. The maximum atomic E-state index is 11.6. The van der Waals surface area contributed by atoms with Crippen molar-refractivity contribution in [3.8, 4) is 11.8 Å². The third kappa shape index (κ3) is 3.89. The van der Waals surface area contributed by atoms with Gasteiger partial charge in [0, 0.05) is 5.69 Å². The predicted molar refractivity (Wildman–Crippen MR) is 88.2 cm³/mol. The van der Waals surface area contributed by atoms with Gasteiger partial charge in [-0.15, -0.1) is 0 Å². The summed E-state index contributed by atoms with van der Waals surface area (Å²) < 4.78 is 5.20. The quantitative estimate of drug-likeness (QED) is 0.854. The molecule has 2 aromatic carbocycles. The molecule has 0 aliphatic rings. The summed E-state index contributed by atoms with van der Waals surface area (Å²) in [5.41, 5.74) is 2.44. The summed E-state index contributed by atoms with van der Waals surface area (Å²) >= 11 is 0. The van der Waals surface area contributed by atoms with Crippen LogP contribution in [0.3, 0.4) is 0 Å². The molecule has 23 heavy (non-hydrogen) atoms. The highest BCUT2D eigenvalue weighted by molar-refractivity contribution is 5.80. The van der Waals surface area contributed by atoms with Crippen molar-refractivity contribution in [3.05, 3.63) is 65.7 Å². The molecule has 0 saturated carbocycles. The third-order valence-electron chi connectivity index (χ3n) is 3.33. The van der Waals surface area contributed by atoms with E-state index in [0.717, 1.165) is 5.56 Å². The lowest BCUT2D eigenvalue weighted by atomic mass is 10.0. The topological polar surface area (TPSA) is 82.3 Å². The van der Waals surface area contributed by atoms with Crippen molar-refractivity contribution in [2.75, 3.05) is 12.4 Å². The van der Waals surface area contributed by atoms with Crippen LogP contribution in [-0.2, 0) is 4.79 Å². The number of ether oxygens (including phenoxy) is 1. The molecular formula is C18H16N2O3. The van der Waals surface area contributed by atoms with Crippen LogP contribution >= 0.6 is 0 Å². The van der Waals surface area contributed by atoms with Gasteiger partial charge in [0.2, 0.25) is 0 Å². The van der Waals surface area contributed by atoms with E-state index in [-0.39, 0.29) is 0 Å². The summed E-state index contributed by atoms with van der Waals surface area (Å²) in [6.45, 7) is 3.70. The van der Waals surface area contributed by atoms with Crippen molar-refractivity contribution < 1.29 is 14.6 Å². The Hall–Kier alpha value is -3.26. The van der Waals surface area contributed by atoms with Gasteiger partial charge in [0.05, 0.1) is 18.7 Å². The number of anilines is 1. The molecule has 0 heterocycles. The lowest BCUT2D eigenvalue weighted by Gasteiger charge is -2.17. The Kier molecular flexibility index (Phi) is 5.00. The van der Waals surface area contributed by atoms with E-state index in [1.807, 2.05) is 6.07 Å². The maximum absolute atomic E-state index is 11.6. The Morgan fingerprint density at radius 2 is 2.04 bits per heavy atom. The number of nitrogens with one attached hydrogen (secondary N) is 1. The summed E-state index contributed by atoms with van der Waals surface area (Å²) in [6.07, 6.45) is 1.63. The van der Waals surface area contributed by atoms with Crippen LogP contribution in [0.2, 0.25) is 0 Å². The van der Waals surface area contributed by atoms with E-state index in [1.54, 1.807) is 48.5 Å². The summed E-state index contributed by atoms with van der Waals surface area (Å²) in [5.74, 6) is -0.456. The van der Waals surface area contributed by atoms with Gasteiger partial charge in [-0.3, -0.25) is 0 Å². The molecule has 0 saturated heterocycles. The molecule has 2 rings (SSSR count). The number of benzene rings is 2. The van der Waals surface area contributed by atoms with Gasteiger partial charge >= 0.3 is 5.97 Å². The smallest absolute Gasteiger partial charge is 0.330 e. The fraction of sp³-hybridized carbons (Fsp3) is 0.111. The Morgan fingerprint density at radius 3 is 2.57 bits per heavy atom. The zero-order chi connectivity index (χ0) is 16.8. The van der Waals surface area contributed by atoms with Gasteiger partial charge in [0.1, 0.15) is 5.75 Å². The van der Waals surface area contributed by atoms with E-state index in [0.29, 0.717) is 22.6 Å². The Labute approximate surface area is 134 Å². The van der Waals surface area contributed by atoms with Crippen LogP contribution in [0.25, 0.3) is 6.08 Å². The van der Waals surface area contributed by atoms with Crippen LogP contribution in [0.5, 0.6) is 5.75 Å². The van der Waals surface area contributed by atoms with Gasteiger partial charge in [0.25, 0.3) is 0 Å². The van der Waals surface area contributed by atoms with Crippen LogP contribution in [0, 0.1) is 11.3 Å². The van der Waals surface area contributed by atoms with Crippen molar-refractivity contribution in [2.24, 2.45) is 0 Å². The Morgan fingerprint density at radius 1 is 1.35 bits per heavy atom. The minimum absolute atomic E-state index is 0.512. The van der Waals surface area contributed by atoms with Crippen LogP contribution in [0.4, 0.5) is 5.69 Å². The molecule has 5 nitrogen and oxygen atoms in total. The van der Waals surface area contributed by atoms with Gasteiger partial charge in [0.15, 0.2) is 6.04 Å². The zero-order valence-electron chi connectivity index (χ0n) is 12.6. The fourth-order valence-electron chi connectivity index (χ4n) is 2.14. The normalized spacial score (nSPS) is 11.1. The number of carbonyl (C=O) groups is 1. The van der Waals surface area contributed by atoms with Crippen molar-refractivity contribution in [1.29, 1.82) is 5.26 Å². The van der Waals surface area contributed by atoms with E-state index < -0.39 is 12.0 Å². The third-order valence-corrected chi connectivity index (χ3v) is 3.33. The molecule has 0 bridgehead atoms. The SMILES string of the molecule is C=Cc1cc(OC)cc(C(Nc2ccc(C#N)cc2)C(=O)O)c1. The molecular weight excluding hydrogens is 292 g/mol. The highest BCUT2D eigenvalue weighted by atomic mass is 16.5. The molecule has 0 fully saturated rings. The van der Waals surface area contributed by atoms with Gasteiger partial charge in [-0.25, -0.2) is 4.79 Å². The molecule has 116 valence electrons. The molecule has 0 radical (unpaired) electrons. The summed E-state index contributed by atoms with van der Waals surface area (Å²) in [5, 5.41) is 21.3. The number of nitriles is 1. The zero-order valence-corrected chi connectivity index (χ0v) is 12.6. The van der Waals surface area contributed by atoms with Crippen molar-refractivity contribution in [2.45, 2.75) is 6.04 Å². The van der Waals surface area contributed by atoms with E-state index >= 15 is 0 Å². The first-order valence-electron chi connectivity index (χ1n) is 6.88. The van der Waals surface area contributed by atoms with Gasteiger partial charge in [-0.05, 0) is 53.6 Å². The van der Waals surface area contributed by atoms with Crippen LogP contribution < -0.4 is 10.1 Å². The minimum atomic E-state index is -1.02. The highest BCUT2D eigenvalue weighted by Crippen LogP contribution is 2.26. The van der Waals surface area contributed by atoms with Gasteiger partial charge < -0.3 is 15.2 Å². The second kappa shape index (κ2) is 7.14. The van der Waals surface area contributed by atoms with Gasteiger partial charge in [-0.2, -0.15) is 5.26 Å². The number of carboxylic acid groups (broad SMARTS) is 1. The largest absolute Gasteiger partial charge is 0.497 e. The average molecular weight is 308 g/mol. The fourth-order valence-corrected chi connectivity index (χ4v) is 2.14. The number of nitrogens with zero attached hydrogens (tertiary/aromatic N) is 1. The standard InChI is InChI=1S/C18H16N2O3/c1-3-12-8-14(10-16(9-12)23-2)17(18(21)22)20-15-6-4-13(11-19)5-7-15/h3-10,17,20H,1H2,2H3,(H,21,22). The molecule has 0 aliphatic carbocycles. The van der Waals surface area contributed by atoms with Crippen LogP contribution in [-0.4, -0.2) is 18.2 Å². The molecule has 0 spiro atoms. The van der Waals surface area contributed by atoms with E-state index in [2.05, 4.69) is 11.9 Å². The molecule has 0 amide bonds. The van der Waals surface area contributed by atoms with Crippen molar-refractivity contribution in [1.82, 2.24) is 0 Å². The first-order chi connectivity index (χ1) is 11.1. The molecule has 1 atom stereocenters. The second-order valence-electron chi connectivity index (χ2n) is 4.85. The Balaban J connectivity index is 2.36. The molecule has 0 aromatic heterocycles. The van der Waals surface area contributed by atoms with Gasteiger partial charge in [-0.1, -0.05) is 12.7 Å². The summed E-state index contributed by atoms with van der Waals surface area (Å²) in [6, 6.07) is 12.9. The number of methoxy groups -OCH3 is 1. The van der Waals surface area contributed by atoms with E-state index in [9.17, 15) is 9.90 Å². The summed E-state index contributed by atoms with van der Waals surface area (Å²) in [7, 11) is 1.52. The number of hydrogen-bond donors (Lipinski definition) is 2. The molecule has 1 unspecified atom stereocenters. The average Bonchev–Trinajstić information content (AvgIpc) is 2.59. The number of carboxylic acids is 1. The van der Waals surface area contributed by atoms with Crippen LogP contribution in [0.1, 0.15) is 22.7 Å². The van der Waals surface area contributed by atoms with Crippen molar-refractivity contribution >= 4 is 17.7 Å². The first kappa shape index (κ1) is 16.1. The van der Waals surface area contributed by atoms with Crippen molar-refractivity contribution in [3.63, 3.8) is 0 Å². The highest BCUT2D eigenvalue weighted by Gasteiger charge is 2.21. The number of rotatable bonds is 6.